The molecule has 1 aliphatic carbocycles. The molecule has 4 N–H and O–H groups in total. The van der Waals surface area contributed by atoms with Gasteiger partial charge in [0, 0.05) is 11.3 Å². The van der Waals surface area contributed by atoms with Crippen molar-refractivity contribution in [3.63, 3.8) is 0 Å². The minimum atomic E-state index is -1.41. The number of hydrogen-bond acceptors (Lipinski definition) is 4. The number of urea groups is 1. The third-order valence-electron chi connectivity index (χ3n) is 3.30. The van der Waals surface area contributed by atoms with Gasteiger partial charge in [0.15, 0.2) is 0 Å². The summed E-state index contributed by atoms with van der Waals surface area (Å²) in [5.41, 5.74) is 0. The predicted molar refractivity (Wildman–Crippen MR) is 74.9 cm³/mol. The highest BCUT2D eigenvalue weighted by Crippen LogP contribution is 2.26. The molecular formula is C12H20N2O5S. The van der Waals surface area contributed by atoms with E-state index in [0.717, 1.165) is 25.7 Å². The van der Waals surface area contributed by atoms with Crippen LogP contribution in [0.25, 0.3) is 0 Å². The van der Waals surface area contributed by atoms with Gasteiger partial charge < -0.3 is 20.8 Å². The lowest BCUT2D eigenvalue weighted by molar-refractivity contribution is -0.145. The van der Waals surface area contributed by atoms with E-state index in [9.17, 15) is 14.4 Å². The largest absolute Gasteiger partial charge is 0.481 e. The Morgan fingerprint density at radius 3 is 2.45 bits per heavy atom. The third-order valence-corrected chi connectivity index (χ3v) is 4.47. The van der Waals surface area contributed by atoms with Gasteiger partial charge in [-0.3, -0.25) is 4.79 Å². The SMILES string of the molecule is CSC1CCCCC1NC(=O)N[C@@H](CC(=O)O)C(=O)O. The lowest BCUT2D eigenvalue weighted by Crippen LogP contribution is -2.52. The number of aliphatic carboxylic acids is 2. The van der Waals surface area contributed by atoms with Crippen LogP contribution in [0.2, 0.25) is 0 Å². The molecular weight excluding hydrogens is 284 g/mol. The van der Waals surface area contributed by atoms with Crippen molar-refractivity contribution >= 4 is 29.7 Å². The van der Waals surface area contributed by atoms with E-state index in [1.165, 1.54) is 0 Å². The number of rotatable bonds is 6. The Kier molecular flexibility index (Phi) is 6.63. The van der Waals surface area contributed by atoms with E-state index in [-0.39, 0.29) is 6.04 Å². The third kappa shape index (κ3) is 5.28. The monoisotopic (exact) mass is 304 g/mol. The molecule has 0 heterocycles. The molecule has 7 nitrogen and oxygen atoms in total. The molecule has 0 saturated heterocycles. The van der Waals surface area contributed by atoms with Crippen molar-refractivity contribution in [1.29, 1.82) is 0 Å². The first-order valence-electron chi connectivity index (χ1n) is 6.48. The van der Waals surface area contributed by atoms with E-state index >= 15 is 0 Å². The van der Waals surface area contributed by atoms with E-state index in [4.69, 9.17) is 10.2 Å². The van der Waals surface area contributed by atoms with Gasteiger partial charge in [0.05, 0.1) is 6.42 Å². The van der Waals surface area contributed by atoms with Crippen molar-refractivity contribution in [2.75, 3.05) is 6.26 Å². The molecule has 0 bridgehead atoms. The van der Waals surface area contributed by atoms with Crippen LogP contribution in [0, 0.1) is 0 Å². The standard InChI is InChI=1S/C12H20N2O5S/c1-20-9-5-3-2-4-7(9)13-12(19)14-8(11(17)18)6-10(15)16/h7-9H,2-6H2,1H3,(H,15,16)(H,17,18)(H2,13,14,19)/t7?,8-,9?/m0/s1. The van der Waals surface area contributed by atoms with Crippen LogP contribution in [-0.4, -0.2) is 51.8 Å². The Bertz CT molecular complexity index is 377. The molecule has 1 rings (SSSR count). The van der Waals surface area contributed by atoms with Crippen LogP contribution >= 0.6 is 11.8 Å². The summed E-state index contributed by atoms with van der Waals surface area (Å²) >= 11 is 1.68. The highest BCUT2D eigenvalue weighted by Gasteiger charge is 2.28. The van der Waals surface area contributed by atoms with Crippen LogP contribution in [0.3, 0.4) is 0 Å². The number of thioether (sulfide) groups is 1. The maximum atomic E-state index is 11.8. The predicted octanol–water partition coefficient (Wildman–Crippen LogP) is 0.888. The van der Waals surface area contributed by atoms with Gasteiger partial charge in [-0.2, -0.15) is 11.8 Å². The van der Waals surface area contributed by atoms with Gasteiger partial charge in [-0.05, 0) is 19.1 Å². The van der Waals surface area contributed by atoms with E-state index in [2.05, 4.69) is 10.6 Å². The summed E-state index contributed by atoms with van der Waals surface area (Å²) in [5.74, 6) is -2.62. The number of carboxylic acid groups (broad SMARTS) is 2. The second-order valence-corrected chi connectivity index (χ2v) is 5.85. The second kappa shape index (κ2) is 7.98. The zero-order valence-corrected chi connectivity index (χ0v) is 12.1. The summed E-state index contributed by atoms with van der Waals surface area (Å²) in [6.07, 6.45) is 5.37. The fourth-order valence-electron chi connectivity index (χ4n) is 2.29. The molecule has 1 saturated carbocycles. The summed E-state index contributed by atoms with van der Waals surface area (Å²) in [7, 11) is 0. The van der Waals surface area contributed by atoms with Crippen LogP contribution in [-0.2, 0) is 9.59 Å². The molecule has 0 aromatic rings. The van der Waals surface area contributed by atoms with E-state index in [1.54, 1.807) is 11.8 Å². The molecule has 0 radical (unpaired) electrons. The Hall–Kier alpha value is -1.44. The molecule has 0 aromatic carbocycles. The second-order valence-electron chi connectivity index (χ2n) is 4.77. The Balaban J connectivity index is 2.51. The van der Waals surface area contributed by atoms with Crippen LogP contribution in [0.5, 0.6) is 0 Å². The van der Waals surface area contributed by atoms with Gasteiger partial charge in [0.25, 0.3) is 0 Å². The molecule has 20 heavy (non-hydrogen) atoms. The Labute approximate surface area is 121 Å². The zero-order valence-electron chi connectivity index (χ0n) is 11.3. The molecule has 114 valence electrons. The van der Waals surface area contributed by atoms with Crippen LogP contribution in [0.4, 0.5) is 4.79 Å². The van der Waals surface area contributed by atoms with Crippen molar-refractivity contribution in [2.45, 2.75) is 49.4 Å². The van der Waals surface area contributed by atoms with E-state index < -0.39 is 30.4 Å². The number of carboxylic acids is 2. The van der Waals surface area contributed by atoms with Crippen LogP contribution < -0.4 is 10.6 Å². The smallest absolute Gasteiger partial charge is 0.326 e. The average molecular weight is 304 g/mol. The zero-order chi connectivity index (χ0) is 15.1. The summed E-state index contributed by atoms with van der Waals surface area (Å²) in [6, 6.07) is -2.04. The minimum absolute atomic E-state index is 0.00183. The summed E-state index contributed by atoms with van der Waals surface area (Å²) in [4.78, 5) is 33.2. The summed E-state index contributed by atoms with van der Waals surface area (Å²) in [6.45, 7) is 0. The van der Waals surface area contributed by atoms with Gasteiger partial charge in [0.2, 0.25) is 0 Å². The first kappa shape index (κ1) is 16.6. The maximum Gasteiger partial charge on any atom is 0.326 e. The topological polar surface area (TPSA) is 116 Å². The first-order valence-corrected chi connectivity index (χ1v) is 7.77. The van der Waals surface area contributed by atoms with Crippen LogP contribution in [0.15, 0.2) is 0 Å². The van der Waals surface area contributed by atoms with E-state index in [0.29, 0.717) is 5.25 Å². The number of nitrogens with one attached hydrogen (secondary N) is 2. The van der Waals surface area contributed by atoms with Crippen molar-refractivity contribution in [3.05, 3.63) is 0 Å². The van der Waals surface area contributed by atoms with E-state index in [1.807, 2.05) is 6.26 Å². The van der Waals surface area contributed by atoms with Gasteiger partial charge in [-0.1, -0.05) is 12.8 Å². The molecule has 1 fully saturated rings. The maximum absolute atomic E-state index is 11.8. The minimum Gasteiger partial charge on any atom is -0.481 e. The Morgan fingerprint density at radius 2 is 1.90 bits per heavy atom. The molecule has 2 amide bonds. The summed E-state index contributed by atoms with van der Waals surface area (Å²) in [5, 5.41) is 22.7. The van der Waals surface area contributed by atoms with Crippen molar-refractivity contribution in [3.8, 4) is 0 Å². The summed E-state index contributed by atoms with van der Waals surface area (Å²) < 4.78 is 0. The normalized spacial score (nSPS) is 23.6. The fraction of sp³-hybridized carbons (Fsp3) is 0.750. The number of carbonyl (C=O) groups excluding carboxylic acids is 1. The molecule has 8 heteroatoms. The van der Waals surface area contributed by atoms with Gasteiger partial charge >= 0.3 is 18.0 Å². The lowest BCUT2D eigenvalue weighted by atomic mass is 9.95. The molecule has 0 aliphatic heterocycles. The van der Waals surface area contributed by atoms with Crippen LogP contribution in [0.1, 0.15) is 32.1 Å². The molecule has 0 spiro atoms. The molecule has 0 aromatic heterocycles. The molecule has 1 aliphatic rings. The molecule has 2 unspecified atom stereocenters. The van der Waals surface area contributed by atoms with Crippen molar-refractivity contribution < 1.29 is 24.6 Å². The van der Waals surface area contributed by atoms with Gasteiger partial charge in [-0.15, -0.1) is 0 Å². The average Bonchev–Trinajstić information content (AvgIpc) is 2.37. The number of hydrogen-bond donors (Lipinski definition) is 4. The number of carbonyl (C=O) groups is 3. The Morgan fingerprint density at radius 1 is 1.25 bits per heavy atom. The highest BCUT2D eigenvalue weighted by atomic mass is 32.2. The first-order chi connectivity index (χ1) is 9.43. The van der Waals surface area contributed by atoms with Crippen molar-refractivity contribution in [1.82, 2.24) is 10.6 Å². The molecule has 3 atom stereocenters. The van der Waals surface area contributed by atoms with Gasteiger partial charge in [0.1, 0.15) is 6.04 Å². The quantitative estimate of drug-likeness (QED) is 0.579. The number of amides is 2. The van der Waals surface area contributed by atoms with Gasteiger partial charge in [-0.25, -0.2) is 9.59 Å². The van der Waals surface area contributed by atoms with Crippen molar-refractivity contribution in [2.24, 2.45) is 0 Å². The fourth-order valence-corrected chi connectivity index (χ4v) is 3.22. The highest BCUT2D eigenvalue weighted by molar-refractivity contribution is 7.99. The lowest BCUT2D eigenvalue weighted by Gasteiger charge is -2.31.